The Hall–Kier alpha value is -2.05. The molecular formula is C20H26O10. The highest BCUT2D eigenvalue weighted by molar-refractivity contribution is 5.82. The van der Waals surface area contributed by atoms with Crippen molar-refractivity contribution in [1.82, 2.24) is 0 Å². The van der Waals surface area contributed by atoms with Gasteiger partial charge in [-0.15, -0.1) is 0 Å². The molecule has 10 nitrogen and oxygen atoms in total. The second-order valence-corrected chi connectivity index (χ2v) is 7.90. The zero-order valence-electron chi connectivity index (χ0n) is 16.5. The summed E-state index contributed by atoms with van der Waals surface area (Å²) in [4.78, 5) is 11.8. The van der Waals surface area contributed by atoms with E-state index < -0.39 is 54.6 Å². The van der Waals surface area contributed by atoms with Crippen molar-refractivity contribution in [2.24, 2.45) is 0 Å². The zero-order valence-corrected chi connectivity index (χ0v) is 16.5. The largest absolute Gasteiger partial charge is 0.462 e. The minimum Gasteiger partial charge on any atom is -0.462 e. The van der Waals surface area contributed by atoms with Crippen molar-refractivity contribution in [3.8, 4) is 5.75 Å². The lowest BCUT2D eigenvalue weighted by Gasteiger charge is -2.39. The first-order chi connectivity index (χ1) is 14.0. The van der Waals surface area contributed by atoms with Crippen LogP contribution >= 0.6 is 0 Å². The molecule has 1 aliphatic rings. The lowest BCUT2D eigenvalue weighted by atomic mass is 9.93. The van der Waals surface area contributed by atoms with Crippen molar-refractivity contribution < 1.29 is 44.5 Å². The average molecular weight is 426 g/mol. The number of aliphatic hydroxyl groups is 6. The van der Waals surface area contributed by atoms with Crippen LogP contribution in [0.4, 0.5) is 0 Å². The van der Waals surface area contributed by atoms with Crippen molar-refractivity contribution in [3.63, 3.8) is 0 Å². The third-order valence-electron chi connectivity index (χ3n) is 5.15. The van der Waals surface area contributed by atoms with Crippen LogP contribution in [0.3, 0.4) is 0 Å². The third-order valence-corrected chi connectivity index (χ3v) is 5.15. The maximum absolute atomic E-state index is 11.8. The standard InChI is InChI=1S/C20H26O10/c1-20(2,27)13(22)7-10-11(5-3-9-4-6-14(23)30-18(9)10)28-19-17(26)16(25)15(24)12(8-21)29-19/h3-6,12-13,15-17,19,21-22,24-27H,7-8H2,1-2H3/t12-,13?,15-,16+,17-,19-/m1/s1. The van der Waals surface area contributed by atoms with Gasteiger partial charge < -0.3 is 44.5 Å². The van der Waals surface area contributed by atoms with Crippen LogP contribution in [0.2, 0.25) is 0 Å². The number of benzene rings is 1. The van der Waals surface area contributed by atoms with Gasteiger partial charge in [0.05, 0.1) is 18.3 Å². The number of ether oxygens (including phenoxy) is 2. The highest BCUT2D eigenvalue weighted by atomic mass is 16.7. The summed E-state index contributed by atoms with van der Waals surface area (Å²) in [6.07, 6.45) is -8.89. The first-order valence-corrected chi connectivity index (χ1v) is 9.46. The summed E-state index contributed by atoms with van der Waals surface area (Å²) < 4.78 is 16.3. The third kappa shape index (κ3) is 4.49. The summed E-state index contributed by atoms with van der Waals surface area (Å²) in [5.74, 6) is 0.0597. The highest BCUT2D eigenvalue weighted by Gasteiger charge is 2.45. The van der Waals surface area contributed by atoms with E-state index >= 15 is 0 Å². The lowest BCUT2D eigenvalue weighted by Crippen LogP contribution is -2.60. The SMILES string of the molecule is CC(C)(O)C(O)Cc1c(O[C@@H]2O[C@H](CO)[C@@H](O)[C@H](O)[C@H]2O)ccc2ccc(=O)oc12. The summed E-state index contributed by atoms with van der Waals surface area (Å²) in [6, 6.07) is 5.84. The molecule has 6 atom stereocenters. The first kappa shape index (κ1) is 22.6. The van der Waals surface area contributed by atoms with E-state index in [2.05, 4.69) is 0 Å². The summed E-state index contributed by atoms with van der Waals surface area (Å²) >= 11 is 0. The monoisotopic (exact) mass is 426 g/mol. The molecule has 3 rings (SSSR count). The second-order valence-electron chi connectivity index (χ2n) is 7.90. The van der Waals surface area contributed by atoms with Crippen LogP contribution in [-0.2, 0) is 11.2 Å². The maximum Gasteiger partial charge on any atom is 0.336 e. The molecule has 0 radical (unpaired) electrons. The number of rotatable bonds is 6. The predicted molar refractivity (Wildman–Crippen MR) is 103 cm³/mol. The molecule has 0 bridgehead atoms. The van der Waals surface area contributed by atoms with Gasteiger partial charge in [0.25, 0.3) is 0 Å². The molecule has 10 heteroatoms. The van der Waals surface area contributed by atoms with Gasteiger partial charge in [-0.25, -0.2) is 4.79 Å². The average Bonchev–Trinajstić information content (AvgIpc) is 2.69. The molecule has 1 fully saturated rings. The Labute approximate surface area is 171 Å². The summed E-state index contributed by atoms with van der Waals surface area (Å²) in [5.41, 5.74) is -1.76. The van der Waals surface area contributed by atoms with Gasteiger partial charge in [-0.1, -0.05) is 0 Å². The quantitative estimate of drug-likeness (QED) is 0.303. The van der Waals surface area contributed by atoms with E-state index in [1.54, 1.807) is 6.07 Å². The van der Waals surface area contributed by atoms with Crippen molar-refractivity contribution in [3.05, 3.63) is 40.2 Å². The van der Waals surface area contributed by atoms with E-state index in [1.807, 2.05) is 0 Å². The van der Waals surface area contributed by atoms with Gasteiger partial charge in [-0.2, -0.15) is 0 Å². The molecule has 0 amide bonds. The minimum atomic E-state index is -1.65. The summed E-state index contributed by atoms with van der Waals surface area (Å²) in [5, 5.41) is 60.5. The number of aliphatic hydroxyl groups excluding tert-OH is 5. The smallest absolute Gasteiger partial charge is 0.336 e. The van der Waals surface area contributed by atoms with E-state index in [4.69, 9.17) is 13.9 Å². The fourth-order valence-corrected chi connectivity index (χ4v) is 3.21. The van der Waals surface area contributed by atoms with E-state index in [0.29, 0.717) is 5.39 Å². The topological polar surface area (TPSA) is 170 Å². The molecule has 0 aliphatic carbocycles. The van der Waals surface area contributed by atoms with Crippen LogP contribution in [0.5, 0.6) is 5.75 Å². The first-order valence-electron chi connectivity index (χ1n) is 9.46. The van der Waals surface area contributed by atoms with Crippen LogP contribution in [0, 0.1) is 0 Å². The fourth-order valence-electron chi connectivity index (χ4n) is 3.21. The van der Waals surface area contributed by atoms with E-state index in [9.17, 15) is 35.4 Å². The lowest BCUT2D eigenvalue weighted by molar-refractivity contribution is -0.277. The number of hydrogen-bond donors (Lipinski definition) is 6. The van der Waals surface area contributed by atoms with Crippen molar-refractivity contribution >= 4 is 11.0 Å². The molecule has 0 spiro atoms. The van der Waals surface area contributed by atoms with Crippen LogP contribution in [-0.4, -0.2) is 79.7 Å². The Kier molecular flexibility index (Phi) is 6.48. The zero-order chi connectivity index (χ0) is 22.2. The molecule has 1 aromatic carbocycles. The van der Waals surface area contributed by atoms with Crippen LogP contribution in [0.1, 0.15) is 19.4 Å². The van der Waals surface area contributed by atoms with Crippen LogP contribution in [0.25, 0.3) is 11.0 Å². The summed E-state index contributed by atoms with van der Waals surface area (Å²) in [7, 11) is 0. The minimum absolute atomic E-state index is 0.0597. The van der Waals surface area contributed by atoms with Gasteiger partial charge in [0.2, 0.25) is 6.29 Å². The van der Waals surface area contributed by atoms with Gasteiger partial charge in [-0.3, -0.25) is 0 Å². The number of fused-ring (bicyclic) bond motifs is 1. The molecule has 2 heterocycles. The second kappa shape index (κ2) is 8.60. The van der Waals surface area contributed by atoms with Crippen LogP contribution < -0.4 is 10.4 Å². The molecule has 1 aliphatic heterocycles. The number of hydrogen-bond acceptors (Lipinski definition) is 10. The molecule has 1 unspecified atom stereocenters. The van der Waals surface area contributed by atoms with Crippen molar-refractivity contribution in [1.29, 1.82) is 0 Å². The van der Waals surface area contributed by atoms with E-state index in [0.717, 1.165) is 0 Å². The Morgan fingerprint density at radius 3 is 2.40 bits per heavy atom. The molecule has 166 valence electrons. The molecule has 6 N–H and O–H groups in total. The highest BCUT2D eigenvalue weighted by Crippen LogP contribution is 2.33. The summed E-state index contributed by atoms with van der Waals surface area (Å²) in [6.45, 7) is 2.20. The molecule has 1 aromatic heterocycles. The Balaban J connectivity index is 2.02. The Morgan fingerprint density at radius 1 is 1.10 bits per heavy atom. The van der Waals surface area contributed by atoms with Gasteiger partial charge >= 0.3 is 5.63 Å². The van der Waals surface area contributed by atoms with Gasteiger partial charge in [0, 0.05) is 23.4 Å². The van der Waals surface area contributed by atoms with Crippen molar-refractivity contribution in [2.45, 2.75) is 62.7 Å². The van der Waals surface area contributed by atoms with Gasteiger partial charge in [0.15, 0.2) is 0 Å². The van der Waals surface area contributed by atoms with E-state index in [1.165, 1.54) is 32.0 Å². The van der Waals surface area contributed by atoms with Gasteiger partial charge in [0.1, 0.15) is 35.7 Å². The Morgan fingerprint density at radius 2 is 1.77 bits per heavy atom. The van der Waals surface area contributed by atoms with Crippen molar-refractivity contribution in [2.75, 3.05) is 6.61 Å². The molecule has 2 aromatic rings. The van der Waals surface area contributed by atoms with E-state index in [-0.39, 0.29) is 23.3 Å². The molecule has 30 heavy (non-hydrogen) atoms. The van der Waals surface area contributed by atoms with Gasteiger partial charge in [-0.05, 0) is 32.0 Å². The molecule has 0 saturated carbocycles. The van der Waals surface area contributed by atoms with Crippen LogP contribution in [0.15, 0.2) is 33.5 Å². The maximum atomic E-state index is 11.8. The fraction of sp³-hybridized carbons (Fsp3) is 0.550. The molecule has 1 saturated heterocycles. The molecular weight excluding hydrogens is 400 g/mol. The predicted octanol–water partition coefficient (Wildman–Crippen LogP) is -1.35. The normalized spacial score (nSPS) is 28.5. The Bertz CT molecular complexity index is 931.